The molecule has 2 aliphatic rings. The van der Waals surface area contributed by atoms with Crippen molar-refractivity contribution in [1.82, 2.24) is 10.2 Å². The number of hydrogen-bond acceptors (Lipinski definition) is 3. The average Bonchev–Trinajstić information content (AvgIpc) is 2.37. The minimum absolute atomic E-state index is 0.102. The number of aliphatic carboxylic acids is 1. The molecule has 1 unspecified atom stereocenters. The first-order valence-corrected chi connectivity index (χ1v) is 6.33. The van der Waals surface area contributed by atoms with E-state index in [1.54, 1.807) is 0 Å². The minimum atomic E-state index is -0.669. The summed E-state index contributed by atoms with van der Waals surface area (Å²) in [5.74, 6) is -0.669. The van der Waals surface area contributed by atoms with Crippen LogP contribution in [0, 0.1) is 0 Å². The molecule has 2 heterocycles. The lowest BCUT2D eigenvalue weighted by molar-refractivity contribution is -0.142. The highest BCUT2D eigenvalue weighted by Gasteiger charge is 2.45. The maximum atomic E-state index is 11.0. The summed E-state index contributed by atoms with van der Waals surface area (Å²) in [7, 11) is 0. The van der Waals surface area contributed by atoms with E-state index in [1.807, 2.05) is 0 Å². The van der Waals surface area contributed by atoms with E-state index in [2.05, 4.69) is 17.1 Å². The second kappa shape index (κ2) is 4.72. The Morgan fingerprint density at radius 1 is 1.44 bits per heavy atom. The van der Waals surface area contributed by atoms with E-state index < -0.39 is 5.97 Å². The van der Waals surface area contributed by atoms with Crippen LogP contribution in [-0.2, 0) is 4.79 Å². The highest BCUT2D eigenvalue weighted by Crippen LogP contribution is 2.31. The zero-order valence-electron chi connectivity index (χ0n) is 10.0. The number of nitrogens with one attached hydrogen (secondary N) is 1. The number of rotatable bonds is 3. The molecule has 92 valence electrons. The molecule has 0 aromatic carbocycles. The number of carboxylic acid groups (broad SMARTS) is 1. The fourth-order valence-electron chi connectivity index (χ4n) is 3.10. The van der Waals surface area contributed by atoms with Crippen LogP contribution in [0.5, 0.6) is 0 Å². The molecular weight excluding hydrogens is 204 g/mol. The van der Waals surface area contributed by atoms with Crippen molar-refractivity contribution in [3.05, 3.63) is 0 Å². The Kier molecular flexibility index (Phi) is 3.50. The SMILES string of the molecule is CC1CCCCCN1C1(CC(=O)O)CNC1. The van der Waals surface area contributed by atoms with E-state index in [-0.39, 0.29) is 12.0 Å². The van der Waals surface area contributed by atoms with Gasteiger partial charge in [-0.15, -0.1) is 0 Å². The lowest BCUT2D eigenvalue weighted by Gasteiger charge is -2.52. The van der Waals surface area contributed by atoms with Gasteiger partial charge in [-0.1, -0.05) is 12.8 Å². The topological polar surface area (TPSA) is 52.6 Å². The van der Waals surface area contributed by atoms with Crippen molar-refractivity contribution in [2.45, 2.75) is 50.6 Å². The first-order valence-electron chi connectivity index (χ1n) is 6.33. The largest absolute Gasteiger partial charge is 0.481 e. The smallest absolute Gasteiger partial charge is 0.305 e. The molecule has 1 atom stereocenters. The Balaban J connectivity index is 2.08. The van der Waals surface area contributed by atoms with Gasteiger partial charge in [-0.05, 0) is 26.3 Å². The van der Waals surface area contributed by atoms with Crippen molar-refractivity contribution in [3.63, 3.8) is 0 Å². The van der Waals surface area contributed by atoms with Crippen molar-refractivity contribution in [2.24, 2.45) is 0 Å². The summed E-state index contributed by atoms with van der Waals surface area (Å²) < 4.78 is 0. The number of carboxylic acids is 1. The summed E-state index contributed by atoms with van der Waals surface area (Å²) >= 11 is 0. The van der Waals surface area contributed by atoms with Gasteiger partial charge in [-0.2, -0.15) is 0 Å². The van der Waals surface area contributed by atoms with Gasteiger partial charge in [0.05, 0.1) is 12.0 Å². The van der Waals surface area contributed by atoms with Crippen molar-refractivity contribution >= 4 is 5.97 Å². The number of likely N-dealkylation sites (tertiary alicyclic amines) is 1. The summed E-state index contributed by atoms with van der Waals surface area (Å²) in [6, 6.07) is 0.531. The summed E-state index contributed by atoms with van der Waals surface area (Å²) in [6.45, 7) is 4.98. The summed E-state index contributed by atoms with van der Waals surface area (Å²) in [6.07, 6.45) is 5.28. The Hall–Kier alpha value is -0.610. The van der Waals surface area contributed by atoms with Crippen LogP contribution >= 0.6 is 0 Å². The van der Waals surface area contributed by atoms with Crippen LogP contribution in [0.1, 0.15) is 39.0 Å². The molecule has 2 fully saturated rings. The maximum absolute atomic E-state index is 11.0. The van der Waals surface area contributed by atoms with E-state index in [4.69, 9.17) is 5.11 Å². The molecule has 4 heteroatoms. The summed E-state index contributed by atoms with van der Waals surface area (Å²) in [5, 5.41) is 12.3. The highest BCUT2D eigenvalue weighted by molar-refractivity contribution is 5.69. The predicted octanol–water partition coefficient (Wildman–Crippen LogP) is 1.07. The number of nitrogens with zero attached hydrogens (tertiary/aromatic N) is 1. The predicted molar refractivity (Wildman–Crippen MR) is 62.5 cm³/mol. The molecule has 0 aromatic heterocycles. The molecule has 2 rings (SSSR count). The first kappa shape index (κ1) is 11.9. The van der Waals surface area contributed by atoms with Crippen LogP contribution in [-0.4, -0.2) is 47.2 Å². The average molecular weight is 226 g/mol. The van der Waals surface area contributed by atoms with Crippen LogP contribution in [0.2, 0.25) is 0 Å². The molecule has 2 N–H and O–H groups in total. The molecule has 0 saturated carbocycles. The molecule has 0 aliphatic carbocycles. The lowest BCUT2D eigenvalue weighted by Crippen LogP contribution is -2.71. The summed E-state index contributed by atoms with van der Waals surface area (Å²) in [4.78, 5) is 13.4. The second-order valence-corrected chi connectivity index (χ2v) is 5.29. The third-order valence-electron chi connectivity index (χ3n) is 4.05. The highest BCUT2D eigenvalue weighted by atomic mass is 16.4. The Labute approximate surface area is 97.0 Å². The van der Waals surface area contributed by atoms with Crippen LogP contribution in [0.15, 0.2) is 0 Å². The summed E-state index contributed by atoms with van der Waals surface area (Å²) in [5.41, 5.74) is -0.102. The fraction of sp³-hybridized carbons (Fsp3) is 0.917. The molecule has 0 radical (unpaired) electrons. The zero-order chi connectivity index (χ0) is 11.6. The van der Waals surface area contributed by atoms with Gasteiger partial charge < -0.3 is 10.4 Å². The lowest BCUT2D eigenvalue weighted by atomic mass is 9.85. The minimum Gasteiger partial charge on any atom is -0.481 e. The molecule has 2 saturated heterocycles. The van der Waals surface area contributed by atoms with Crippen molar-refractivity contribution in [3.8, 4) is 0 Å². The Morgan fingerprint density at radius 3 is 2.75 bits per heavy atom. The zero-order valence-corrected chi connectivity index (χ0v) is 10.0. The number of hydrogen-bond donors (Lipinski definition) is 2. The molecule has 16 heavy (non-hydrogen) atoms. The van der Waals surface area contributed by atoms with E-state index in [0.29, 0.717) is 6.04 Å². The molecule has 2 aliphatic heterocycles. The first-order chi connectivity index (χ1) is 7.64. The molecule has 0 aromatic rings. The third kappa shape index (κ3) is 2.23. The van der Waals surface area contributed by atoms with Crippen LogP contribution in [0.4, 0.5) is 0 Å². The standard InChI is InChI=1S/C12H22N2O2/c1-10-5-3-2-4-6-14(10)12(7-11(15)16)8-13-9-12/h10,13H,2-9H2,1H3,(H,15,16). The Morgan fingerprint density at radius 2 is 2.19 bits per heavy atom. The van der Waals surface area contributed by atoms with Gasteiger partial charge in [0.15, 0.2) is 0 Å². The molecule has 4 nitrogen and oxygen atoms in total. The van der Waals surface area contributed by atoms with Crippen LogP contribution in [0.25, 0.3) is 0 Å². The monoisotopic (exact) mass is 226 g/mol. The maximum Gasteiger partial charge on any atom is 0.305 e. The second-order valence-electron chi connectivity index (χ2n) is 5.29. The van der Waals surface area contributed by atoms with E-state index in [0.717, 1.165) is 19.6 Å². The van der Waals surface area contributed by atoms with Gasteiger partial charge in [0, 0.05) is 19.1 Å². The van der Waals surface area contributed by atoms with Crippen molar-refractivity contribution in [2.75, 3.05) is 19.6 Å². The van der Waals surface area contributed by atoms with Crippen molar-refractivity contribution < 1.29 is 9.90 Å². The van der Waals surface area contributed by atoms with Gasteiger partial charge in [0.2, 0.25) is 0 Å². The molecule has 0 bridgehead atoms. The van der Waals surface area contributed by atoms with E-state index in [1.165, 1.54) is 25.7 Å². The normalized spacial score (nSPS) is 30.4. The number of carbonyl (C=O) groups is 1. The van der Waals surface area contributed by atoms with Crippen LogP contribution in [0.3, 0.4) is 0 Å². The molecule has 0 spiro atoms. The fourth-order valence-corrected chi connectivity index (χ4v) is 3.10. The van der Waals surface area contributed by atoms with E-state index in [9.17, 15) is 4.79 Å². The van der Waals surface area contributed by atoms with Gasteiger partial charge in [0.1, 0.15) is 0 Å². The molecular formula is C12H22N2O2. The third-order valence-corrected chi connectivity index (χ3v) is 4.05. The van der Waals surface area contributed by atoms with Gasteiger partial charge in [-0.3, -0.25) is 9.69 Å². The van der Waals surface area contributed by atoms with Gasteiger partial charge in [-0.25, -0.2) is 0 Å². The van der Waals surface area contributed by atoms with E-state index >= 15 is 0 Å². The molecule has 0 amide bonds. The van der Waals surface area contributed by atoms with Gasteiger partial charge >= 0.3 is 5.97 Å². The Bertz CT molecular complexity index is 264. The van der Waals surface area contributed by atoms with Crippen molar-refractivity contribution in [1.29, 1.82) is 0 Å². The van der Waals surface area contributed by atoms with Gasteiger partial charge in [0.25, 0.3) is 0 Å². The van der Waals surface area contributed by atoms with Crippen LogP contribution < -0.4 is 5.32 Å². The quantitative estimate of drug-likeness (QED) is 0.756.